The summed E-state index contributed by atoms with van der Waals surface area (Å²) in [5.74, 6) is 0.115. The number of anilines is 2. The van der Waals surface area contributed by atoms with Crippen LogP contribution in [-0.2, 0) is 29.2 Å². The summed E-state index contributed by atoms with van der Waals surface area (Å²) < 4.78 is 23.7. The zero-order valence-electron chi connectivity index (χ0n) is 27.6. The summed E-state index contributed by atoms with van der Waals surface area (Å²) in [6.07, 6.45) is 4.42. The first-order valence-corrected chi connectivity index (χ1v) is 17.6. The molecule has 10 heteroatoms. The van der Waals surface area contributed by atoms with E-state index in [4.69, 9.17) is 18.9 Å². The lowest BCUT2D eigenvalue weighted by Crippen LogP contribution is -2.46. The standard InChI is InChI=1S/C36H49N3O6S/c1-4-5-19-42-21-22-43-26-35(41)45-27-39-32-24-28(11-12-30(32)36(2,3)25-34(39)40)44-20-7-6-14-37-15-17-38(18-16-37)31-9-8-10-33-29(31)13-23-46-33/h8-13,23-24H,4-7,14-22,25-27H2,1-3H3. The minimum absolute atomic E-state index is 0.0835. The number of ether oxygens (including phenoxy) is 4. The van der Waals surface area contributed by atoms with E-state index >= 15 is 0 Å². The first kappa shape index (κ1) is 34.2. The third kappa shape index (κ3) is 9.00. The number of piperazine rings is 1. The monoisotopic (exact) mass is 651 g/mol. The molecule has 0 radical (unpaired) electrons. The lowest BCUT2D eigenvalue weighted by molar-refractivity contribution is -0.149. The van der Waals surface area contributed by atoms with Gasteiger partial charge in [-0.1, -0.05) is 39.3 Å². The molecule has 0 atom stereocenters. The van der Waals surface area contributed by atoms with Crippen molar-refractivity contribution in [3.05, 3.63) is 53.4 Å². The van der Waals surface area contributed by atoms with Crippen molar-refractivity contribution < 1.29 is 28.5 Å². The number of benzene rings is 2. The molecule has 46 heavy (non-hydrogen) atoms. The van der Waals surface area contributed by atoms with Gasteiger partial charge in [-0.3, -0.25) is 14.6 Å². The molecule has 2 aliphatic rings. The van der Waals surface area contributed by atoms with Crippen molar-refractivity contribution in [2.45, 2.75) is 58.3 Å². The molecule has 1 aromatic heterocycles. The first-order valence-electron chi connectivity index (χ1n) is 16.7. The molecule has 1 fully saturated rings. The van der Waals surface area contributed by atoms with Crippen molar-refractivity contribution >= 4 is 44.7 Å². The number of esters is 1. The van der Waals surface area contributed by atoms with Crippen LogP contribution in [-0.4, -0.2) is 89.3 Å². The van der Waals surface area contributed by atoms with Crippen LogP contribution in [0.25, 0.3) is 10.1 Å². The van der Waals surface area contributed by atoms with Crippen molar-refractivity contribution in [1.82, 2.24) is 4.90 Å². The zero-order chi connectivity index (χ0) is 32.4. The van der Waals surface area contributed by atoms with Crippen LogP contribution in [0.1, 0.15) is 58.4 Å². The molecule has 0 N–H and O–H groups in total. The van der Waals surface area contributed by atoms with Gasteiger partial charge in [-0.25, -0.2) is 4.79 Å². The summed E-state index contributed by atoms with van der Waals surface area (Å²) in [7, 11) is 0. The molecule has 1 saturated heterocycles. The molecule has 0 spiro atoms. The summed E-state index contributed by atoms with van der Waals surface area (Å²) in [6, 6.07) is 14.8. The van der Waals surface area contributed by atoms with Gasteiger partial charge in [-0.15, -0.1) is 11.3 Å². The fraction of sp³-hybridized carbons (Fsp3) is 0.556. The molecule has 0 saturated carbocycles. The van der Waals surface area contributed by atoms with Crippen LogP contribution >= 0.6 is 11.3 Å². The Kier molecular flexibility index (Phi) is 12.3. The van der Waals surface area contributed by atoms with Gasteiger partial charge in [0.05, 0.1) is 25.5 Å². The van der Waals surface area contributed by atoms with Crippen LogP contribution < -0.4 is 14.5 Å². The largest absolute Gasteiger partial charge is 0.494 e. The van der Waals surface area contributed by atoms with Crippen molar-refractivity contribution in [3.63, 3.8) is 0 Å². The summed E-state index contributed by atoms with van der Waals surface area (Å²) >= 11 is 1.80. The van der Waals surface area contributed by atoms with Crippen molar-refractivity contribution in [3.8, 4) is 5.75 Å². The van der Waals surface area contributed by atoms with Crippen LogP contribution in [0.15, 0.2) is 47.8 Å². The molecule has 0 unspecified atom stereocenters. The number of nitrogens with zero attached hydrogens (tertiary/aromatic N) is 3. The average Bonchev–Trinajstić information content (AvgIpc) is 3.53. The molecule has 250 valence electrons. The van der Waals surface area contributed by atoms with Gasteiger partial charge < -0.3 is 23.8 Å². The summed E-state index contributed by atoms with van der Waals surface area (Å²) in [5.41, 5.74) is 2.79. The third-order valence-electron chi connectivity index (χ3n) is 8.80. The number of hydrogen-bond acceptors (Lipinski definition) is 9. The Labute approximate surface area is 277 Å². The molecule has 1 amide bonds. The number of rotatable bonds is 17. The van der Waals surface area contributed by atoms with Gasteiger partial charge in [-0.05, 0) is 61.0 Å². The molecule has 2 aromatic carbocycles. The van der Waals surface area contributed by atoms with E-state index in [1.165, 1.54) is 20.7 Å². The molecular formula is C36H49N3O6S. The van der Waals surface area contributed by atoms with Crippen LogP contribution in [0.2, 0.25) is 0 Å². The highest BCUT2D eigenvalue weighted by Gasteiger charge is 2.37. The van der Waals surface area contributed by atoms with Gasteiger partial charge in [-0.2, -0.15) is 0 Å². The predicted octanol–water partition coefficient (Wildman–Crippen LogP) is 6.23. The molecular weight excluding hydrogens is 602 g/mol. The average molecular weight is 652 g/mol. The lowest BCUT2D eigenvalue weighted by atomic mass is 9.77. The Morgan fingerprint density at radius 2 is 1.74 bits per heavy atom. The van der Waals surface area contributed by atoms with Crippen molar-refractivity contribution in [2.24, 2.45) is 0 Å². The van der Waals surface area contributed by atoms with E-state index in [0.717, 1.165) is 69.7 Å². The Balaban J connectivity index is 1.05. The second-order valence-electron chi connectivity index (χ2n) is 12.7. The Bertz CT molecular complexity index is 1430. The fourth-order valence-corrected chi connectivity index (χ4v) is 6.94. The summed E-state index contributed by atoms with van der Waals surface area (Å²) in [4.78, 5) is 32.0. The smallest absolute Gasteiger partial charge is 0.333 e. The molecule has 9 nitrogen and oxygen atoms in total. The molecule has 0 aliphatic carbocycles. The van der Waals surface area contributed by atoms with Gasteiger partial charge in [0.15, 0.2) is 6.73 Å². The molecule has 3 heterocycles. The van der Waals surface area contributed by atoms with E-state index < -0.39 is 5.97 Å². The van der Waals surface area contributed by atoms with E-state index in [9.17, 15) is 9.59 Å². The highest BCUT2D eigenvalue weighted by Crippen LogP contribution is 2.42. The Hall–Kier alpha value is -3.18. The minimum atomic E-state index is -0.513. The second kappa shape index (κ2) is 16.6. The molecule has 2 aliphatic heterocycles. The van der Waals surface area contributed by atoms with Crippen LogP contribution in [0.5, 0.6) is 5.75 Å². The van der Waals surface area contributed by atoms with E-state index in [1.54, 1.807) is 11.3 Å². The van der Waals surface area contributed by atoms with E-state index in [2.05, 4.69) is 60.2 Å². The number of fused-ring (bicyclic) bond motifs is 2. The summed E-state index contributed by atoms with van der Waals surface area (Å²) in [6.45, 7) is 13.2. The highest BCUT2D eigenvalue weighted by atomic mass is 32.1. The molecule has 5 rings (SSSR count). The van der Waals surface area contributed by atoms with E-state index in [-0.39, 0.29) is 24.7 Å². The van der Waals surface area contributed by atoms with Crippen LogP contribution in [0.4, 0.5) is 11.4 Å². The number of carbonyl (C=O) groups is 2. The topological polar surface area (TPSA) is 80.8 Å². The van der Waals surface area contributed by atoms with E-state index in [0.29, 0.717) is 38.6 Å². The third-order valence-corrected chi connectivity index (χ3v) is 9.68. The Morgan fingerprint density at radius 1 is 0.913 bits per heavy atom. The number of unbranched alkanes of at least 4 members (excludes halogenated alkanes) is 2. The number of hydrogen-bond donors (Lipinski definition) is 0. The highest BCUT2D eigenvalue weighted by molar-refractivity contribution is 7.17. The maximum Gasteiger partial charge on any atom is 0.333 e. The van der Waals surface area contributed by atoms with Crippen LogP contribution in [0.3, 0.4) is 0 Å². The predicted molar refractivity (Wildman–Crippen MR) is 184 cm³/mol. The lowest BCUT2D eigenvalue weighted by Gasteiger charge is -2.38. The van der Waals surface area contributed by atoms with Gasteiger partial charge in [0.2, 0.25) is 5.91 Å². The maximum absolute atomic E-state index is 13.1. The Morgan fingerprint density at radius 3 is 2.57 bits per heavy atom. The van der Waals surface area contributed by atoms with Gasteiger partial charge in [0.25, 0.3) is 0 Å². The fourth-order valence-electron chi connectivity index (χ4n) is 6.14. The van der Waals surface area contributed by atoms with Gasteiger partial charge in [0, 0.05) is 66.5 Å². The van der Waals surface area contributed by atoms with Gasteiger partial charge >= 0.3 is 5.97 Å². The van der Waals surface area contributed by atoms with Crippen molar-refractivity contribution in [1.29, 1.82) is 0 Å². The summed E-state index contributed by atoms with van der Waals surface area (Å²) in [5, 5.41) is 3.54. The molecule has 3 aromatic rings. The first-order chi connectivity index (χ1) is 22.4. The SMILES string of the molecule is CCCCOCCOCC(=O)OCN1C(=O)CC(C)(C)c2ccc(OCCCCN3CCN(c4cccc5sccc45)CC3)cc21. The van der Waals surface area contributed by atoms with Crippen molar-refractivity contribution in [2.75, 3.05) is 82.3 Å². The van der Waals surface area contributed by atoms with Gasteiger partial charge in [0.1, 0.15) is 12.4 Å². The minimum Gasteiger partial charge on any atom is -0.494 e. The quantitative estimate of drug-likeness (QED) is 0.126. The van der Waals surface area contributed by atoms with E-state index in [1.807, 2.05) is 18.2 Å². The molecule has 0 bridgehead atoms. The maximum atomic E-state index is 13.1. The number of amides is 1. The normalized spacial score (nSPS) is 16.5. The number of carbonyl (C=O) groups excluding carboxylic acids is 2. The number of thiophene rings is 1. The van der Waals surface area contributed by atoms with Crippen LogP contribution in [0, 0.1) is 0 Å². The second-order valence-corrected chi connectivity index (χ2v) is 13.7. The zero-order valence-corrected chi connectivity index (χ0v) is 28.4.